The Bertz CT molecular complexity index is 944. The Hall–Kier alpha value is -3.06. The molecule has 0 aromatic heterocycles. The van der Waals surface area contributed by atoms with Gasteiger partial charge in [0.25, 0.3) is 11.8 Å². The molecule has 0 radical (unpaired) electrons. The number of anilines is 1. The molecule has 1 aliphatic rings. The predicted octanol–water partition coefficient (Wildman–Crippen LogP) is 3.74. The van der Waals surface area contributed by atoms with Crippen molar-refractivity contribution in [2.45, 2.75) is 13.8 Å². The molecule has 1 heterocycles. The van der Waals surface area contributed by atoms with Crippen LogP contribution in [0.25, 0.3) is 6.08 Å². The van der Waals surface area contributed by atoms with Crippen molar-refractivity contribution in [1.82, 2.24) is 5.43 Å². The van der Waals surface area contributed by atoms with Gasteiger partial charge in [0.15, 0.2) is 11.5 Å². The highest BCUT2D eigenvalue weighted by Gasteiger charge is 2.34. The second-order valence-corrected chi connectivity index (χ2v) is 6.22. The van der Waals surface area contributed by atoms with Crippen LogP contribution in [0.4, 0.5) is 10.1 Å². The van der Waals surface area contributed by atoms with E-state index in [2.05, 4.69) is 5.43 Å². The highest BCUT2D eigenvalue weighted by molar-refractivity contribution is 6.33. The first kappa shape index (κ1) is 19.7. The number of carbonyl (C=O) groups is 2. The molecule has 1 N–H and O–H groups in total. The number of ether oxygens (including phenoxy) is 2. The first-order valence-electron chi connectivity index (χ1n) is 8.66. The van der Waals surface area contributed by atoms with E-state index in [1.165, 1.54) is 30.3 Å². The number of hydrazine groups is 1. The SMILES string of the molecule is CCOc1cc(/C=C2/C(=O)NN(c3ccc(F)cc3)C2=O)cc(Cl)c1OCC. The Morgan fingerprint density at radius 3 is 2.43 bits per heavy atom. The zero-order chi connectivity index (χ0) is 20.3. The summed E-state index contributed by atoms with van der Waals surface area (Å²) in [6.45, 7) is 4.46. The lowest BCUT2D eigenvalue weighted by molar-refractivity contribution is -0.117. The molecule has 0 bridgehead atoms. The molecule has 0 unspecified atom stereocenters. The Morgan fingerprint density at radius 1 is 1.11 bits per heavy atom. The van der Waals surface area contributed by atoms with Crippen LogP contribution in [-0.4, -0.2) is 25.0 Å². The number of nitrogens with one attached hydrogen (secondary N) is 1. The second-order valence-electron chi connectivity index (χ2n) is 5.81. The third kappa shape index (κ3) is 3.94. The highest BCUT2D eigenvalue weighted by atomic mass is 35.5. The Kier molecular flexibility index (Phi) is 5.84. The van der Waals surface area contributed by atoms with Gasteiger partial charge in [-0.3, -0.25) is 15.0 Å². The molecular formula is C20H18ClFN2O4. The molecule has 3 rings (SSSR count). The summed E-state index contributed by atoms with van der Waals surface area (Å²) in [7, 11) is 0. The normalized spacial score (nSPS) is 15.1. The van der Waals surface area contributed by atoms with Gasteiger partial charge in [-0.1, -0.05) is 11.6 Å². The van der Waals surface area contributed by atoms with E-state index in [0.29, 0.717) is 41.0 Å². The van der Waals surface area contributed by atoms with Crippen molar-refractivity contribution >= 4 is 35.2 Å². The van der Waals surface area contributed by atoms with Gasteiger partial charge < -0.3 is 9.47 Å². The maximum absolute atomic E-state index is 13.1. The lowest BCUT2D eigenvalue weighted by Crippen LogP contribution is -2.35. The lowest BCUT2D eigenvalue weighted by atomic mass is 10.1. The molecule has 1 fully saturated rings. The Balaban J connectivity index is 1.95. The second kappa shape index (κ2) is 8.31. The van der Waals surface area contributed by atoms with Crippen molar-refractivity contribution in [3.05, 3.63) is 58.4 Å². The minimum Gasteiger partial charge on any atom is -0.490 e. The Morgan fingerprint density at radius 2 is 1.79 bits per heavy atom. The van der Waals surface area contributed by atoms with E-state index in [1.807, 2.05) is 13.8 Å². The first-order valence-corrected chi connectivity index (χ1v) is 9.04. The van der Waals surface area contributed by atoms with Crippen molar-refractivity contribution in [2.75, 3.05) is 18.2 Å². The standard InChI is InChI=1S/C20H18ClFN2O4/c1-3-27-17-11-12(10-16(21)18(17)28-4-2)9-15-19(25)23-24(20(15)26)14-7-5-13(22)6-8-14/h5-11H,3-4H2,1-2H3,(H,23,25)/b15-9-. The van der Waals surface area contributed by atoms with E-state index in [4.69, 9.17) is 21.1 Å². The monoisotopic (exact) mass is 404 g/mol. The number of benzene rings is 2. The number of nitrogens with zero attached hydrogens (tertiary/aromatic N) is 1. The predicted molar refractivity (Wildman–Crippen MR) is 104 cm³/mol. The zero-order valence-corrected chi connectivity index (χ0v) is 16.0. The summed E-state index contributed by atoms with van der Waals surface area (Å²) in [6.07, 6.45) is 1.42. The molecule has 8 heteroatoms. The fourth-order valence-electron chi connectivity index (χ4n) is 2.71. The molecule has 0 aliphatic carbocycles. The van der Waals surface area contributed by atoms with E-state index in [1.54, 1.807) is 12.1 Å². The third-order valence-electron chi connectivity index (χ3n) is 3.91. The summed E-state index contributed by atoms with van der Waals surface area (Å²) in [5, 5.41) is 1.37. The average Bonchev–Trinajstić information content (AvgIpc) is 2.94. The van der Waals surface area contributed by atoms with E-state index < -0.39 is 17.6 Å². The summed E-state index contributed by atoms with van der Waals surface area (Å²) in [6, 6.07) is 8.45. The molecule has 6 nitrogen and oxygen atoms in total. The summed E-state index contributed by atoms with van der Waals surface area (Å²) in [5.41, 5.74) is 3.24. The maximum Gasteiger partial charge on any atom is 0.282 e. The van der Waals surface area contributed by atoms with Crippen molar-refractivity contribution in [2.24, 2.45) is 0 Å². The maximum atomic E-state index is 13.1. The van der Waals surface area contributed by atoms with Crippen LogP contribution >= 0.6 is 11.6 Å². The van der Waals surface area contributed by atoms with Crippen LogP contribution in [0, 0.1) is 5.82 Å². The molecule has 2 amide bonds. The van der Waals surface area contributed by atoms with Crippen LogP contribution in [0.5, 0.6) is 11.5 Å². The van der Waals surface area contributed by atoms with Crippen LogP contribution < -0.4 is 19.9 Å². The zero-order valence-electron chi connectivity index (χ0n) is 15.3. The Labute approximate surface area is 166 Å². The van der Waals surface area contributed by atoms with Gasteiger partial charge in [-0.05, 0) is 61.9 Å². The summed E-state index contributed by atoms with van der Waals surface area (Å²) >= 11 is 6.28. The van der Waals surface area contributed by atoms with Crippen molar-refractivity contribution in [3.8, 4) is 11.5 Å². The van der Waals surface area contributed by atoms with Gasteiger partial charge in [-0.2, -0.15) is 0 Å². The smallest absolute Gasteiger partial charge is 0.282 e. The van der Waals surface area contributed by atoms with E-state index in [9.17, 15) is 14.0 Å². The van der Waals surface area contributed by atoms with Crippen LogP contribution in [0.2, 0.25) is 5.02 Å². The van der Waals surface area contributed by atoms with Gasteiger partial charge in [0.2, 0.25) is 0 Å². The van der Waals surface area contributed by atoms with Gasteiger partial charge >= 0.3 is 0 Å². The molecule has 28 heavy (non-hydrogen) atoms. The fraction of sp³-hybridized carbons (Fsp3) is 0.200. The lowest BCUT2D eigenvalue weighted by Gasteiger charge is -2.14. The number of rotatable bonds is 6. The van der Waals surface area contributed by atoms with Gasteiger partial charge in [0, 0.05) is 0 Å². The summed E-state index contributed by atoms with van der Waals surface area (Å²) < 4.78 is 24.2. The summed E-state index contributed by atoms with van der Waals surface area (Å²) in [4.78, 5) is 25.0. The fourth-order valence-corrected chi connectivity index (χ4v) is 2.99. The molecule has 0 saturated carbocycles. The van der Waals surface area contributed by atoms with E-state index in [0.717, 1.165) is 5.01 Å². The molecular weight excluding hydrogens is 387 g/mol. The molecule has 1 saturated heterocycles. The van der Waals surface area contributed by atoms with Gasteiger partial charge in [0.1, 0.15) is 11.4 Å². The summed E-state index contributed by atoms with van der Waals surface area (Å²) in [5.74, 6) is -0.741. The third-order valence-corrected chi connectivity index (χ3v) is 4.19. The van der Waals surface area contributed by atoms with Crippen molar-refractivity contribution in [1.29, 1.82) is 0 Å². The van der Waals surface area contributed by atoms with Crippen LogP contribution in [0.1, 0.15) is 19.4 Å². The molecule has 0 atom stereocenters. The molecule has 1 aliphatic heterocycles. The number of hydrogen-bond donors (Lipinski definition) is 1. The minimum absolute atomic E-state index is 0.0769. The van der Waals surface area contributed by atoms with Gasteiger partial charge in [0.05, 0.1) is 23.9 Å². The number of carbonyl (C=O) groups excluding carboxylic acids is 2. The van der Waals surface area contributed by atoms with Gasteiger partial charge in [-0.25, -0.2) is 9.40 Å². The highest BCUT2D eigenvalue weighted by Crippen LogP contribution is 2.37. The van der Waals surface area contributed by atoms with E-state index >= 15 is 0 Å². The molecule has 2 aromatic rings. The number of hydrogen-bond acceptors (Lipinski definition) is 4. The largest absolute Gasteiger partial charge is 0.490 e. The minimum atomic E-state index is -0.572. The van der Waals surface area contributed by atoms with Crippen LogP contribution in [0.15, 0.2) is 42.0 Å². The van der Waals surface area contributed by atoms with Crippen LogP contribution in [0.3, 0.4) is 0 Å². The molecule has 0 spiro atoms. The number of amides is 2. The first-order chi connectivity index (χ1) is 13.4. The average molecular weight is 405 g/mol. The van der Waals surface area contributed by atoms with Crippen molar-refractivity contribution < 1.29 is 23.5 Å². The quantitative estimate of drug-likeness (QED) is 0.588. The van der Waals surface area contributed by atoms with Gasteiger partial charge in [-0.15, -0.1) is 0 Å². The molecule has 146 valence electrons. The van der Waals surface area contributed by atoms with E-state index in [-0.39, 0.29) is 5.57 Å². The topological polar surface area (TPSA) is 67.9 Å². The van der Waals surface area contributed by atoms with Crippen LogP contribution in [-0.2, 0) is 9.59 Å². The number of halogens is 2. The van der Waals surface area contributed by atoms with Crippen molar-refractivity contribution in [3.63, 3.8) is 0 Å². The molecule has 2 aromatic carbocycles.